The van der Waals surface area contributed by atoms with Crippen LogP contribution in [0.5, 0.6) is 5.75 Å². The highest BCUT2D eigenvalue weighted by Crippen LogP contribution is 2.37. The van der Waals surface area contributed by atoms with Gasteiger partial charge >= 0.3 is 0 Å². The summed E-state index contributed by atoms with van der Waals surface area (Å²) in [5.41, 5.74) is 2.53. The minimum atomic E-state index is -0.302. The summed E-state index contributed by atoms with van der Waals surface area (Å²) in [7, 11) is 0. The van der Waals surface area contributed by atoms with Crippen molar-refractivity contribution in [3.05, 3.63) is 115 Å². The quantitative estimate of drug-likeness (QED) is 0.164. The van der Waals surface area contributed by atoms with Crippen LogP contribution in [0.25, 0.3) is 16.8 Å². The van der Waals surface area contributed by atoms with E-state index in [0.717, 1.165) is 42.8 Å². The van der Waals surface area contributed by atoms with Gasteiger partial charge in [-0.2, -0.15) is 0 Å². The van der Waals surface area contributed by atoms with Crippen LogP contribution in [0, 0.1) is 3.57 Å². The third-order valence-electron chi connectivity index (χ3n) is 5.67. The Balaban J connectivity index is 1.48. The molecule has 5 rings (SSSR count). The minimum absolute atomic E-state index is 0.240. The lowest BCUT2D eigenvalue weighted by molar-refractivity contribution is -0.123. The molecule has 0 N–H and O–H groups in total. The van der Waals surface area contributed by atoms with Crippen molar-refractivity contribution in [1.29, 1.82) is 0 Å². The maximum absolute atomic E-state index is 13.2. The highest BCUT2D eigenvalue weighted by atomic mass is 127. The number of nitrogens with zero attached hydrogens (tertiary/aromatic N) is 1. The summed E-state index contributed by atoms with van der Waals surface area (Å²) in [6, 6.07) is 27.1. The van der Waals surface area contributed by atoms with Gasteiger partial charge in [-0.15, -0.1) is 0 Å². The van der Waals surface area contributed by atoms with Gasteiger partial charge in [0.05, 0.1) is 11.4 Å². The van der Waals surface area contributed by atoms with Crippen LogP contribution in [0.15, 0.2) is 89.8 Å². The maximum Gasteiger partial charge on any atom is 0.293 e. The number of hydrogen-bond acceptors (Lipinski definition) is 4. The average Bonchev–Trinajstić information content (AvgIpc) is 3.13. The Morgan fingerprint density at radius 1 is 0.914 bits per heavy atom. The van der Waals surface area contributed by atoms with Crippen LogP contribution in [0.1, 0.15) is 16.7 Å². The van der Waals surface area contributed by atoms with E-state index in [1.165, 1.54) is 4.90 Å². The Morgan fingerprint density at radius 2 is 1.66 bits per heavy atom. The second-order valence-corrected chi connectivity index (χ2v) is 10.6. The first kappa shape index (κ1) is 23.9. The lowest BCUT2D eigenvalue weighted by atomic mass is 10.0. The molecule has 1 aliphatic rings. The number of amides is 2. The normalized spacial score (nSPS) is 14.8. The van der Waals surface area contributed by atoms with E-state index in [2.05, 4.69) is 22.6 Å². The van der Waals surface area contributed by atoms with Gasteiger partial charge in [-0.1, -0.05) is 72.3 Å². The van der Waals surface area contributed by atoms with E-state index in [-0.39, 0.29) is 24.3 Å². The molecule has 0 atom stereocenters. The fraction of sp³-hybridized carbons (Fsp3) is 0.0714. The van der Waals surface area contributed by atoms with Crippen molar-refractivity contribution in [1.82, 2.24) is 4.90 Å². The number of hydrogen-bond donors (Lipinski definition) is 0. The number of fused-ring (bicyclic) bond motifs is 1. The van der Waals surface area contributed by atoms with Crippen molar-refractivity contribution < 1.29 is 14.3 Å². The lowest BCUT2D eigenvalue weighted by Crippen LogP contribution is -2.27. The minimum Gasteiger partial charge on any atom is -0.488 e. The predicted molar refractivity (Wildman–Crippen MR) is 150 cm³/mol. The zero-order valence-electron chi connectivity index (χ0n) is 18.4. The Morgan fingerprint density at radius 3 is 2.46 bits per heavy atom. The summed E-state index contributed by atoms with van der Waals surface area (Å²) in [6.45, 7) is 0.525. The topological polar surface area (TPSA) is 46.6 Å². The number of ether oxygens (including phenoxy) is 1. The van der Waals surface area contributed by atoms with Crippen LogP contribution in [-0.4, -0.2) is 16.0 Å². The molecule has 7 heteroatoms. The number of imide groups is 1. The predicted octanol–water partition coefficient (Wildman–Crippen LogP) is 7.91. The maximum atomic E-state index is 13.2. The summed E-state index contributed by atoms with van der Waals surface area (Å²) in [4.78, 5) is 27.6. The number of thioether (sulfide) groups is 1. The van der Waals surface area contributed by atoms with E-state index < -0.39 is 0 Å². The van der Waals surface area contributed by atoms with Crippen LogP contribution in [0.2, 0.25) is 5.02 Å². The van der Waals surface area contributed by atoms with Gasteiger partial charge in [0.15, 0.2) is 0 Å². The highest BCUT2D eigenvalue weighted by Gasteiger charge is 2.35. The Hall–Kier alpha value is -2.81. The fourth-order valence-electron chi connectivity index (χ4n) is 3.86. The van der Waals surface area contributed by atoms with Crippen LogP contribution >= 0.6 is 46.0 Å². The van der Waals surface area contributed by atoms with Gasteiger partial charge in [0, 0.05) is 19.7 Å². The van der Waals surface area contributed by atoms with E-state index in [4.69, 9.17) is 16.3 Å². The van der Waals surface area contributed by atoms with Gasteiger partial charge < -0.3 is 4.74 Å². The Bertz CT molecular complexity index is 1470. The van der Waals surface area contributed by atoms with Crippen LogP contribution in [0.4, 0.5) is 4.79 Å². The zero-order valence-corrected chi connectivity index (χ0v) is 22.1. The van der Waals surface area contributed by atoms with Crippen molar-refractivity contribution in [3.8, 4) is 5.75 Å². The summed E-state index contributed by atoms with van der Waals surface area (Å²) >= 11 is 9.49. The monoisotopic (exact) mass is 611 g/mol. The molecule has 2 amide bonds. The number of carbonyl (C=O) groups excluding carboxylic acids is 2. The molecule has 0 bridgehead atoms. The summed E-state index contributed by atoms with van der Waals surface area (Å²) in [5.74, 6) is 0.316. The molecule has 0 saturated carbocycles. The van der Waals surface area contributed by atoms with Crippen LogP contribution < -0.4 is 4.74 Å². The molecule has 0 aromatic heterocycles. The van der Waals surface area contributed by atoms with Crippen molar-refractivity contribution in [2.24, 2.45) is 0 Å². The summed E-state index contributed by atoms with van der Waals surface area (Å²) < 4.78 is 7.27. The molecule has 1 saturated heterocycles. The number of rotatable bonds is 6. The van der Waals surface area contributed by atoms with E-state index in [9.17, 15) is 9.59 Å². The molecule has 4 aromatic carbocycles. The SMILES string of the molecule is O=C1S/C(=C\c2c(OCc3ccccc3Cl)ccc3ccccc23)C(=O)N1Cc1ccc(I)cc1. The largest absolute Gasteiger partial charge is 0.488 e. The molecular weight excluding hydrogens is 593 g/mol. The van der Waals surface area contributed by atoms with Gasteiger partial charge in [-0.3, -0.25) is 14.5 Å². The second-order valence-electron chi connectivity index (χ2n) is 7.97. The van der Waals surface area contributed by atoms with Crippen LogP contribution in [0.3, 0.4) is 0 Å². The molecule has 0 unspecified atom stereocenters. The molecule has 0 spiro atoms. The molecule has 174 valence electrons. The molecule has 4 nitrogen and oxygen atoms in total. The fourth-order valence-corrected chi connectivity index (χ4v) is 5.23. The molecule has 35 heavy (non-hydrogen) atoms. The third kappa shape index (κ3) is 5.24. The zero-order chi connectivity index (χ0) is 24.4. The lowest BCUT2D eigenvalue weighted by Gasteiger charge is -2.14. The number of halogens is 2. The van der Waals surface area contributed by atoms with Crippen molar-refractivity contribution in [3.63, 3.8) is 0 Å². The molecular formula is C28H19ClINO3S. The second kappa shape index (κ2) is 10.4. The standard InChI is InChI=1S/C28H19ClINO3S/c29-24-8-4-2-6-20(24)17-34-25-14-11-19-5-1-3-7-22(19)23(25)15-26-27(32)31(28(33)35-26)16-18-9-12-21(30)13-10-18/h1-15H,16-17H2/b26-15-. The third-order valence-corrected chi connectivity index (χ3v) is 7.67. The van der Waals surface area contributed by atoms with Crippen molar-refractivity contribution in [2.75, 3.05) is 0 Å². The summed E-state index contributed by atoms with van der Waals surface area (Å²) in [5, 5.41) is 2.31. The van der Waals surface area contributed by atoms with Gasteiger partial charge in [0.2, 0.25) is 0 Å². The van der Waals surface area contributed by atoms with E-state index in [1.807, 2.05) is 84.9 Å². The Labute approximate surface area is 226 Å². The number of carbonyl (C=O) groups is 2. The molecule has 0 aliphatic carbocycles. The van der Waals surface area contributed by atoms with E-state index in [0.29, 0.717) is 15.7 Å². The highest BCUT2D eigenvalue weighted by molar-refractivity contribution is 14.1. The molecule has 1 fully saturated rings. The van der Waals surface area contributed by atoms with Gasteiger partial charge in [0.25, 0.3) is 11.1 Å². The smallest absolute Gasteiger partial charge is 0.293 e. The molecule has 1 heterocycles. The van der Waals surface area contributed by atoms with Crippen molar-refractivity contribution in [2.45, 2.75) is 13.2 Å². The molecule has 1 aliphatic heterocycles. The first-order valence-corrected chi connectivity index (χ1v) is 13.1. The van der Waals surface area contributed by atoms with Gasteiger partial charge in [-0.25, -0.2) is 0 Å². The van der Waals surface area contributed by atoms with E-state index >= 15 is 0 Å². The van der Waals surface area contributed by atoms with Gasteiger partial charge in [0.1, 0.15) is 12.4 Å². The average molecular weight is 612 g/mol. The van der Waals surface area contributed by atoms with Crippen LogP contribution in [-0.2, 0) is 17.9 Å². The first-order valence-electron chi connectivity index (χ1n) is 10.9. The summed E-state index contributed by atoms with van der Waals surface area (Å²) in [6.07, 6.45) is 1.77. The number of benzene rings is 4. The van der Waals surface area contributed by atoms with Crippen molar-refractivity contribution >= 4 is 73.9 Å². The van der Waals surface area contributed by atoms with E-state index in [1.54, 1.807) is 6.08 Å². The molecule has 0 radical (unpaired) electrons. The molecule has 4 aromatic rings. The van der Waals surface area contributed by atoms with Gasteiger partial charge in [-0.05, 0) is 81.0 Å². The Kier molecular flexibility index (Phi) is 7.13. The first-order chi connectivity index (χ1) is 17.0.